The smallest absolute Gasteiger partial charge is 0.256 e. The largest absolute Gasteiger partial charge is 0.436 e. The molecule has 3 heterocycles. The Labute approximate surface area is 207 Å². The number of aromatic nitrogens is 5. The molecule has 1 aliphatic carbocycles. The van der Waals surface area contributed by atoms with Gasteiger partial charge in [-0.3, -0.25) is 0 Å². The second-order valence-corrected chi connectivity index (χ2v) is 9.26. The maximum Gasteiger partial charge on any atom is 0.256 e. The number of hydrogen-bond donors (Lipinski definition) is 2. The zero-order valence-corrected chi connectivity index (χ0v) is 19.6. The van der Waals surface area contributed by atoms with E-state index >= 15 is 0 Å². The number of nitrogens with two attached hydrogens (primary N) is 2. The Balaban J connectivity index is 1.43. The third-order valence-electron chi connectivity index (χ3n) is 6.98. The Bertz CT molecular complexity index is 1540. The number of rotatable bonds is 5. The van der Waals surface area contributed by atoms with Crippen LogP contribution in [0.25, 0.3) is 33.2 Å². The fourth-order valence-corrected chi connectivity index (χ4v) is 5.02. The molecule has 0 unspecified atom stereocenters. The molecule has 0 bridgehead atoms. The molecule has 0 radical (unpaired) electrons. The molecule has 3 aromatic heterocycles. The SMILES string of the molecule is NCC1CCC(n2nc(-c3ccc4cc(F)c(Oc5ccccc5)nc4c3)c3c(N)ncnc32)CC1. The molecule has 0 amide bonds. The van der Waals surface area contributed by atoms with E-state index in [1.165, 1.54) is 12.4 Å². The topological polar surface area (TPSA) is 118 Å². The third-order valence-corrected chi connectivity index (χ3v) is 6.98. The van der Waals surface area contributed by atoms with Crippen molar-refractivity contribution >= 4 is 27.8 Å². The summed E-state index contributed by atoms with van der Waals surface area (Å²) >= 11 is 0. The zero-order chi connectivity index (χ0) is 24.6. The number of halogens is 1. The van der Waals surface area contributed by atoms with E-state index in [9.17, 15) is 4.39 Å². The fraction of sp³-hybridized carbons (Fsp3) is 0.259. The predicted molar refractivity (Wildman–Crippen MR) is 137 cm³/mol. The van der Waals surface area contributed by atoms with Crippen LogP contribution in [0.15, 0.2) is 60.9 Å². The summed E-state index contributed by atoms with van der Waals surface area (Å²) in [6.45, 7) is 0.716. The molecule has 1 saturated carbocycles. The number of fused-ring (bicyclic) bond motifs is 2. The number of ether oxygens (including phenoxy) is 1. The van der Waals surface area contributed by atoms with Gasteiger partial charge >= 0.3 is 0 Å². The number of pyridine rings is 1. The van der Waals surface area contributed by atoms with Gasteiger partial charge in [0, 0.05) is 10.9 Å². The van der Waals surface area contributed by atoms with Crippen LogP contribution in [-0.4, -0.2) is 31.3 Å². The van der Waals surface area contributed by atoms with E-state index in [-0.39, 0.29) is 11.9 Å². The summed E-state index contributed by atoms with van der Waals surface area (Å²) in [5.41, 5.74) is 15.0. The van der Waals surface area contributed by atoms with Gasteiger partial charge < -0.3 is 16.2 Å². The molecule has 8 nitrogen and oxygen atoms in total. The molecular weight excluding hydrogens is 457 g/mol. The van der Waals surface area contributed by atoms with E-state index in [0.717, 1.165) is 31.2 Å². The van der Waals surface area contributed by atoms with Crippen LogP contribution in [0, 0.1) is 11.7 Å². The van der Waals surface area contributed by atoms with Gasteiger partial charge in [0.1, 0.15) is 23.6 Å². The van der Waals surface area contributed by atoms with Crippen LogP contribution in [0.3, 0.4) is 0 Å². The molecule has 4 N–H and O–H groups in total. The summed E-state index contributed by atoms with van der Waals surface area (Å²) < 4.78 is 22.4. The van der Waals surface area contributed by atoms with Crippen molar-refractivity contribution in [3.05, 3.63) is 66.7 Å². The van der Waals surface area contributed by atoms with Crippen molar-refractivity contribution in [3.8, 4) is 22.9 Å². The van der Waals surface area contributed by atoms with Crippen LogP contribution in [0.5, 0.6) is 11.6 Å². The van der Waals surface area contributed by atoms with Crippen LogP contribution >= 0.6 is 0 Å². The number of anilines is 1. The summed E-state index contributed by atoms with van der Waals surface area (Å²) in [5, 5.41) is 6.35. The molecule has 6 rings (SSSR count). The number of nitrogens with zero attached hydrogens (tertiary/aromatic N) is 5. The molecule has 0 atom stereocenters. The summed E-state index contributed by atoms with van der Waals surface area (Å²) in [6, 6.07) is 16.3. The molecule has 5 aromatic rings. The molecule has 0 aliphatic heterocycles. The second kappa shape index (κ2) is 9.16. The van der Waals surface area contributed by atoms with Crippen molar-refractivity contribution in [2.45, 2.75) is 31.7 Å². The van der Waals surface area contributed by atoms with Gasteiger partial charge in [0.15, 0.2) is 11.5 Å². The fourth-order valence-electron chi connectivity index (χ4n) is 5.02. The summed E-state index contributed by atoms with van der Waals surface area (Å²) in [4.78, 5) is 13.2. The zero-order valence-electron chi connectivity index (χ0n) is 19.6. The van der Waals surface area contributed by atoms with Gasteiger partial charge in [-0.2, -0.15) is 5.10 Å². The first-order valence-electron chi connectivity index (χ1n) is 12.1. The summed E-state index contributed by atoms with van der Waals surface area (Å²) in [5.74, 6) is 0.831. The lowest BCUT2D eigenvalue weighted by Gasteiger charge is -2.27. The predicted octanol–water partition coefficient (Wildman–Crippen LogP) is 5.25. The monoisotopic (exact) mass is 483 g/mol. The van der Waals surface area contributed by atoms with Crippen molar-refractivity contribution in [1.29, 1.82) is 0 Å². The lowest BCUT2D eigenvalue weighted by Crippen LogP contribution is -2.24. The van der Waals surface area contributed by atoms with Crippen molar-refractivity contribution < 1.29 is 9.13 Å². The summed E-state index contributed by atoms with van der Waals surface area (Å²) in [7, 11) is 0. The molecule has 182 valence electrons. The third kappa shape index (κ3) is 4.01. The van der Waals surface area contributed by atoms with E-state index < -0.39 is 5.82 Å². The van der Waals surface area contributed by atoms with E-state index in [4.69, 9.17) is 21.3 Å². The Kier molecular flexibility index (Phi) is 5.69. The molecular formula is C27H26FN7O. The lowest BCUT2D eigenvalue weighted by atomic mass is 9.86. The van der Waals surface area contributed by atoms with Gasteiger partial charge in [-0.15, -0.1) is 0 Å². The van der Waals surface area contributed by atoms with Crippen molar-refractivity contribution in [2.75, 3.05) is 12.3 Å². The first-order valence-corrected chi connectivity index (χ1v) is 12.1. The highest BCUT2D eigenvalue weighted by atomic mass is 19.1. The molecule has 1 fully saturated rings. The van der Waals surface area contributed by atoms with Gasteiger partial charge in [0.05, 0.1) is 16.9 Å². The van der Waals surface area contributed by atoms with Gasteiger partial charge in [-0.25, -0.2) is 24.0 Å². The maximum atomic E-state index is 14.7. The molecule has 1 aliphatic rings. The van der Waals surface area contributed by atoms with Crippen molar-refractivity contribution in [2.24, 2.45) is 11.7 Å². The highest BCUT2D eigenvalue weighted by molar-refractivity contribution is 5.99. The van der Waals surface area contributed by atoms with Gasteiger partial charge in [-0.1, -0.05) is 30.3 Å². The van der Waals surface area contributed by atoms with Crippen LogP contribution < -0.4 is 16.2 Å². The average Bonchev–Trinajstić information content (AvgIpc) is 3.31. The van der Waals surface area contributed by atoms with Gasteiger partial charge in [-0.05, 0) is 62.4 Å². The van der Waals surface area contributed by atoms with Gasteiger partial charge in [0.2, 0.25) is 0 Å². The standard InChI is InChI=1S/C27H26FN7O/c28-21-12-17-8-9-18(13-22(17)33-27(21)36-20-4-2-1-3-5-20)24-23-25(30)31-15-32-26(23)35(34-24)19-10-6-16(14-29)7-11-19/h1-5,8-9,12-13,15-16,19H,6-7,10-11,14,29H2,(H2,30,31,32). The Morgan fingerprint density at radius 2 is 1.81 bits per heavy atom. The molecule has 0 saturated heterocycles. The number of hydrogen-bond acceptors (Lipinski definition) is 7. The molecule has 36 heavy (non-hydrogen) atoms. The van der Waals surface area contributed by atoms with Crippen molar-refractivity contribution in [1.82, 2.24) is 24.7 Å². The first kappa shape index (κ1) is 22.4. The van der Waals surface area contributed by atoms with Crippen LogP contribution in [0.1, 0.15) is 31.7 Å². The quantitative estimate of drug-likeness (QED) is 0.351. The Hall–Kier alpha value is -4.11. The minimum atomic E-state index is -0.528. The molecule has 0 spiro atoms. The lowest BCUT2D eigenvalue weighted by molar-refractivity contribution is 0.269. The average molecular weight is 484 g/mol. The van der Waals surface area contributed by atoms with E-state index in [0.29, 0.717) is 51.7 Å². The summed E-state index contributed by atoms with van der Waals surface area (Å²) in [6.07, 6.45) is 5.58. The Morgan fingerprint density at radius 1 is 1.00 bits per heavy atom. The van der Waals surface area contributed by atoms with Crippen molar-refractivity contribution in [3.63, 3.8) is 0 Å². The molecule has 2 aromatic carbocycles. The Morgan fingerprint density at radius 3 is 2.58 bits per heavy atom. The maximum absolute atomic E-state index is 14.7. The minimum Gasteiger partial charge on any atom is -0.436 e. The highest BCUT2D eigenvalue weighted by Crippen LogP contribution is 2.38. The minimum absolute atomic E-state index is 0.0826. The second-order valence-electron chi connectivity index (χ2n) is 9.26. The number of benzene rings is 2. The number of nitrogen functional groups attached to an aromatic ring is 1. The van der Waals surface area contributed by atoms with Crippen LogP contribution in [0.2, 0.25) is 0 Å². The van der Waals surface area contributed by atoms with Crippen LogP contribution in [-0.2, 0) is 0 Å². The van der Waals surface area contributed by atoms with E-state index in [2.05, 4.69) is 15.0 Å². The molecule has 9 heteroatoms. The number of para-hydroxylation sites is 1. The van der Waals surface area contributed by atoms with Gasteiger partial charge in [0.25, 0.3) is 5.88 Å². The van der Waals surface area contributed by atoms with E-state index in [1.54, 1.807) is 12.1 Å². The van der Waals surface area contributed by atoms with Crippen LogP contribution in [0.4, 0.5) is 10.2 Å². The first-order chi connectivity index (χ1) is 17.6. The van der Waals surface area contributed by atoms with E-state index in [1.807, 2.05) is 41.1 Å². The normalized spacial score (nSPS) is 18.1. The highest BCUT2D eigenvalue weighted by Gasteiger charge is 2.26.